The number of ketones is 1. The summed E-state index contributed by atoms with van der Waals surface area (Å²) in [6.07, 6.45) is 10.3. The summed E-state index contributed by atoms with van der Waals surface area (Å²) in [7, 11) is 0. The zero-order valence-electron chi connectivity index (χ0n) is 12.7. The fourth-order valence-electron chi connectivity index (χ4n) is 6.60. The maximum atomic E-state index is 12.3. The van der Waals surface area contributed by atoms with Crippen LogP contribution in [0.3, 0.4) is 0 Å². The first kappa shape index (κ1) is 13.3. The smallest absolute Gasteiger partial charge is 0.139 e. The number of hydrogen-bond donors (Lipinski definition) is 1. The van der Waals surface area contributed by atoms with Crippen LogP contribution in [-0.4, -0.2) is 17.0 Å². The Balaban J connectivity index is 1.58. The van der Waals surface area contributed by atoms with Crippen molar-refractivity contribution in [2.45, 2.75) is 70.8 Å². The van der Waals surface area contributed by atoms with Gasteiger partial charge < -0.3 is 5.11 Å². The molecule has 4 aliphatic carbocycles. The zero-order chi connectivity index (χ0) is 13.9. The van der Waals surface area contributed by atoms with Gasteiger partial charge in [-0.1, -0.05) is 6.92 Å². The molecule has 4 rings (SSSR count). The Labute approximate surface area is 122 Å². The topological polar surface area (TPSA) is 37.3 Å². The van der Waals surface area contributed by atoms with E-state index in [1.165, 1.54) is 25.7 Å². The molecule has 0 bridgehead atoms. The lowest BCUT2D eigenvalue weighted by Crippen LogP contribution is -2.49. The number of aliphatic hydroxyl groups excluding tert-OH is 1. The zero-order valence-corrected chi connectivity index (χ0v) is 12.7. The molecule has 4 fully saturated rings. The van der Waals surface area contributed by atoms with Gasteiger partial charge in [0.2, 0.25) is 0 Å². The van der Waals surface area contributed by atoms with Gasteiger partial charge in [0.25, 0.3) is 0 Å². The second-order valence-corrected chi connectivity index (χ2v) is 8.32. The standard InChI is InChI=1S/C18H28O2/c1-18-9-8-14-13-5-3-12(19)10-11(13)2-4-15(14)16(18)6-7-17(18)20/h11-16,19H,2-10H2,1H3/t11-,12-,13+,14-,15-,16+,18+/m0/s1. The molecule has 0 aromatic rings. The molecule has 0 aliphatic heterocycles. The van der Waals surface area contributed by atoms with Crippen LogP contribution in [-0.2, 0) is 4.79 Å². The summed E-state index contributed by atoms with van der Waals surface area (Å²) in [6, 6.07) is 0. The van der Waals surface area contributed by atoms with Crippen molar-refractivity contribution in [1.82, 2.24) is 0 Å². The van der Waals surface area contributed by atoms with Crippen LogP contribution < -0.4 is 0 Å². The van der Waals surface area contributed by atoms with E-state index < -0.39 is 0 Å². The Morgan fingerprint density at radius 1 is 1.00 bits per heavy atom. The molecule has 0 heterocycles. The van der Waals surface area contributed by atoms with Gasteiger partial charge in [-0.25, -0.2) is 0 Å². The summed E-state index contributed by atoms with van der Waals surface area (Å²) in [5.74, 6) is 4.56. The monoisotopic (exact) mass is 276 g/mol. The van der Waals surface area contributed by atoms with Gasteiger partial charge in [0.15, 0.2) is 0 Å². The van der Waals surface area contributed by atoms with Gasteiger partial charge in [-0.2, -0.15) is 0 Å². The van der Waals surface area contributed by atoms with Crippen LogP contribution >= 0.6 is 0 Å². The highest BCUT2D eigenvalue weighted by atomic mass is 16.3. The number of aliphatic hydroxyl groups is 1. The van der Waals surface area contributed by atoms with Gasteiger partial charge >= 0.3 is 0 Å². The third-order valence-corrected chi connectivity index (χ3v) is 7.64. The van der Waals surface area contributed by atoms with Crippen LogP contribution in [0.5, 0.6) is 0 Å². The Bertz CT molecular complexity index is 418. The highest BCUT2D eigenvalue weighted by Gasteiger charge is 2.56. The summed E-state index contributed by atoms with van der Waals surface area (Å²) in [4.78, 5) is 12.3. The molecule has 0 unspecified atom stereocenters. The van der Waals surface area contributed by atoms with E-state index in [0.717, 1.165) is 55.8 Å². The molecule has 1 N–H and O–H groups in total. The van der Waals surface area contributed by atoms with E-state index in [0.29, 0.717) is 11.7 Å². The van der Waals surface area contributed by atoms with Crippen LogP contribution in [0.1, 0.15) is 64.7 Å². The molecule has 0 aromatic heterocycles. The molecule has 0 spiro atoms. The Morgan fingerprint density at radius 2 is 1.80 bits per heavy atom. The Hall–Kier alpha value is -0.370. The van der Waals surface area contributed by atoms with Crippen LogP contribution in [0.2, 0.25) is 0 Å². The van der Waals surface area contributed by atoms with Crippen molar-refractivity contribution in [3.63, 3.8) is 0 Å². The van der Waals surface area contributed by atoms with Gasteiger partial charge in [0.05, 0.1) is 6.10 Å². The van der Waals surface area contributed by atoms with Crippen molar-refractivity contribution in [3.05, 3.63) is 0 Å². The van der Waals surface area contributed by atoms with E-state index >= 15 is 0 Å². The van der Waals surface area contributed by atoms with E-state index in [2.05, 4.69) is 6.92 Å². The predicted molar refractivity (Wildman–Crippen MR) is 78.1 cm³/mol. The third-order valence-electron chi connectivity index (χ3n) is 7.64. The van der Waals surface area contributed by atoms with Crippen molar-refractivity contribution in [1.29, 1.82) is 0 Å². The lowest BCUT2D eigenvalue weighted by molar-refractivity contribution is -0.133. The lowest BCUT2D eigenvalue weighted by Gasteiger charge is -2.54. The lowest BCUT2D eigenvalue weighted by atomic mass is 9.50. The van der Waals surface area contributed by atoms with E-state index in [9.17, 15) is 9.90 Å². The normalized spacial score (nSPS) is 55.0. The average Bonchev–Trinajstić information content (AvgIpc) is 2.74. The fourth-order valence-corrected chi connectivity index (χ4v) is 6.60. The van der Waals surface area contributed by atoms with E-state index in [4.69, 9.17) is 0 Å². The molecule has 20 heavy (non-hydrogen) atoms. The van der Waals surface area contributed by atoms with Crippen molar-refractivity contribution >= 4 is 5.78 Å². The second-order valence-electron chi connectivity index (χ2n) is 8.32. The van der Waals surface area contributed by atoms with Crippen LogP contribution in [0, 0.1) is 35.0 Å². The number of Topliss-reactive ketones (excluding diaryl/α,β-unsaturated/α-hetero) is 1. The summed E-state index contributed by atoms with van der Waals surface area (Å²) in [5, 5.41) is 9.93. The highest BCUT2D eigenvalue weighted by Crippen LogP contribution is 2.61. The van der Waals surface area contributed by atoms with Gasteiger partial charge in [-0.3, -0.25) is 4.79 Å². The van der Waals surface area contributed by atoms with Crippen molar-refractivity contribution < 1.29 is 9.90 Å². The van der Waals surface area contributed by atoms with E-state index in [1.54, 1.807) is 0 Å². The van der Waals surface area contributed by atoms with Gasteiger partial charge in [0.1, 0.15) is 5.78 Å². The first-order valence-corrected chi connectivity index (χ1v) is 8.81. The molecule has 112 valence electrons. The number of rotatable bonds is 0. The molecule has 4 aliphatic rings. The summed E-state index contributed by atoms with van der Waals surface area (Å²) in [5.41, 5.74) is 0.0299. The molecule has 2 nitrogen and oxygen atoms in total. The first-order valence-electron chi connectivity index (χ1n) is 8.81. The third kappa shape index (κ3) is 1.76. The van der Waals surface area contributed by atoms with Crippen LogP contribution in [0.15, 0.2) is 0 Å². The van der Waals surface area contributed by atoms with E-state index in [-0.39, 0.29) is 11.5 Å². The number of hydrogen-bond acceptors (Lipinski definition) is 2. The molecule has 2 heteroatoms. The minimum Gasteiger partial charge on any atom is -0.393 e. The molecule has 0 aromatic carbocycles. The number of carbonyl (C=O) groups excluding carboxylic acids is 1. The molecule has 7 atom stereocenters. The minimum absolute atomic E-state index is 0.0299. The summed E-state index contributed by atoms with van der Waals surface area (Å²) in [6.45, 7) is 2.26. The molecule has 0 saturated heterocycles. The quantitative estimate of drug-likeness (QED) is 0.734. The Kier molecular flexibility index (Phi) is 3.03. The van der Waals surface area contributed by atoms with E-state index in [1.807, 2.05) is 0 Å². The number of carbonyl (C=O) groups is 1. The van der Waals surface area contributed by atoms with Crippen LogP contribution in [0.4, 0.5) is 0 Å². The van der Waals surface area contributed by atoms with Gasteiger partial charge in [-0.15, -0.1) is 0 Å². The van der Waals surface area contributed by atoms with Crippen molar-refractivity contribution in [2.24, 2.45) is 35.0 Å². The molecule has 0 radical (unpaired) electrons. The predicted octanol–water partition coefficient (Wildman–Crippen LogP) is 3.57. The number of fused-ring (bicyclic) bond motifs is 5. The molecule has 0 amide bonds. The first-order chi connectivity index (χ1) is 9.59. The maximum Gasteiger partial charge on any atom is 0.139 e. The van der Waals surface area contributed by atoms with Crippen molar-refractivity contribution in [2.75, 3.05) is 0 Å². The summed E-state index contributed by atoms with van der Waals surface area (Å²) < 4.78 is 0. The average molecular weight is 276 g/mol. The maximum absolute atomic E-state index is 12.3. The van der Waals surface area contributed by atoms with Gasteiger partial charge in [-0.05, 0) is 81.0 Å². The fraction of sp³-hybridized carbons (Fsp3) is 0.944. The molecular weight excluding hydrogens is 248 g/mol. The SMILES string of the molecule is C[C@@]12CC[C@H]3[C@@H]4CC[C@H](O)C[C@@H]4CC[C@@H]3[C@H]1CCC2=O. The molecule has 4 saturated carbocycles. The minimum atomic E-state index is -0.0327. The molecular formula is C18H28O2. The summed E-state index contributed by atoms with van der Waals surface area (Å²) >= 11 is 0. The highest BCUT2D eigenvalue weighted by molar-refractivity contribution is 5.87. The van der Waals surface area contributed by atoms with Crippen LogP contribution in [0.25, 0.3) is 0 Å². The van der Waals surface area contributed by atoms with Gasteiger partial charge in [0, 0.05) is 11.8 Å². The van der Waals surface area contributed by atoms with Crippen molar-refractivity contribution in [3.8, 4) is 0 Å². The Morgan fingerprint density at radius 3 is 2.65 bits per heavy atom. The largest absolute Gasteiger partial charge is 0.393 e. The second kappa shape index (κ2) is 4.56.